The summed E-state index contributed by atoms with van der Waals surface area (Å²) in [6.07, 6.45) is 14.7. The Hall–Kier alpha value is -3.29. The van der Waals surface area contributed by atoms with Crippen LogP contribution in [0.4, 0.5) is 5.82 Å². The minimum Gasteiger partial charge on any atom is -0.504 e. The zero-order valence-electron chi connectivity index (χ0n) is 24.6. The minimum absolute atomic E-state index is 0.0861. The van der Waals surface area contributed by atoms with Crippen LogP contribution in [0.1, 0.15) is 103 Å². The Morgan fingerprint density at radius 1 is 0.951 bits per heavy atom. The molecule has 0 amide bonds. The highest BCUT2D eigenvalue weighted by molar-refractivity contribution is 5.72. The number of nitrogens with zero attached hydrogens (tertiary/aromatic N) is 1. The second-order valence-electron chi connectivity index (χ2n) is 11.8. The standard InChI is InChI=1S/C33H46N2O6/c1-22(36)39-28(20-29(40-23(2)37)17-24-9-5-3-6-10-24)14-13-25-18-32(41-27-11-7-4-8-12-27)31(38)21-30(25)26-15-16-35-33(34)19-26/h15-16,18-19,21,24,27-29,38H,3-14,17,20H2,1-2H3,(H2,34,35)/t28-,29+/m1/s1. The summed E-state index contributed by atoms with van der Waals surface area (Å²) in [6.45, 7) is 2.85. The normalized spacial score (nSPS) is 17.9. The van der Waals surface area contributed by atoms with Crippen molar-refractivity contribution in [2.24, 2.45) is 5.92 Å². The van der Waals surface area contributed by atoms with E-state index in [9.17, 15) is 14.7 Å². The molecule has 0 aliphatic heterocycles. The van der Waals surface area contributed by atoms with Gasteiger partial charge in [0.05, 0.1) is 6.10 Å². The monoisotopic (exact) mass is 566 g/mol. The van der Waals surface area contributed by atoms with Crippen molar-refractivity contribution >= 4 is 17.8 Å². The second-order valence-corrected chi connectivity index (χ2v) is 11.8. The minimum atomic E-state index is -0.424. The van der Waals surface area contributed by atoms with Gasteiger partial charge in [0.2, 0.25) is 0 Å². The fourth-order valence-corrected chi connectivity index (χ4v) is 6.45. The van der Waals surface area contributed by atoms with E-state index in [1.165, 1.54) is 39.5 Å². The van der Waals surface area contributed by atoms with Gasteiger partial charge in [0.25, 0.3) is 0 Å². The van der Waals surface area contributed by atoms with Crippen molar-refractivity contribution in [2.75, 3.05) is 5.73 Å². The van der Waals surface area contributed by atoms with E-state index in [1.54, 1.807) is 18.3 Å². The van der Waals surface area contributed by atoms with Crippen LogP contribution in [0, 0.1) is 5.92 Å². The molecule has 4 rings (SSSR count). The molecule has 0 spiro atoms. The summed E-state index contributed by atoms with van der Waals surface area (Å²) >= 11 is 0. The number of nitrogens with two attached hydrogens (primary N) is 1. The van der Waals surface area contributed by atoms with Crippen LogP contribution in [0.5, 0.6) is 11.5 Å². The molecule has 2 fully saturated rings. The molecule has 2 aromatic rings. The number of aryl methyl sites for hydroxylation is 1. The highest BCUT2D eigenvalue weighted by atomic mass is 16.6. The van der Waals surface area contributed by atoms with E-state index in [2.05, 4.69) is 4.98 Å². The summed E-state index contributed by atoms with van der Waals surface area (Å²) in [4.78, 5) is 28.2. The lowest BCUT2D eigenvalue weighted by Crippen LogP contribution is -2.29. The molecule has 2 aliphatic carbocycles. The van der Waals surface area contributed by atoms with Crippen molar-refractivity contribution in [3.05, 3.63) is 36.0 Å². The number of ether oxygens (including phenoxy) is 3. The molecular weight excluding hydrogens is 520 g/mol. The molecule has 3 N–H and O–H groups in total. The van der Waals surface area contributed by atoms with Crippen LogP contribution >= 0.6 is 0 Å². The van der Waals surface area contributed by atoms with E-state index in [0.717, 1.165) is 61.6 Å². The first-order valence-corrected chi connectivity index (χ1v) is 15.4. The van der Waals surface area contributed by atoms with Gasteiger partial charge in [-0.3, -0.25) is 9.59 Å². The summed E-state index contributed by atoms with van der Waals surface area (Å²) < 4.78 is 17.8. The Labute approximate surface area is 244 Å². The first-order valence-electron chi connectivity index (χ1n) is 15.4. The molecular formula is C33H46N2O6. The lowest BCUT2D eigenvalue weighted by atomic mass is 9.84. The van der Waals surface area contributed by atoms with Crippen molar-refractivity contribution < 1.29 is 28.9 Å². The number of pyridine rings is 1. The average molecular weight is 567 g/mol. The molecule has 2 aliphatic rings. The highest BCUT2D eigenvalue weighted by Crippen LogP contribution is 2.38. The topological polar surface area (TPSA) is 121 Å². The van der Waals surface area contributed by atoms with Crippen LogP contribution in [-0.4, -0.2) is 40.3 Å². The van der Waals surface area contributed by atoms with E-state index in [-0.39, 0.29) is 29.9 Å². The summed E-state index contributed by atoms with van der Waals surface area (Å²) in [7, 11) is 0. The van der Waals surface area contributed by atoms with Crippen molar-refractivity contribution in [3.8, 4) is 22.6 Å². The number of phenols is 1. The summed E-state index contributed by atoms with van der Waals surface area (Å²) in [5.41, 5.74) is 8.61. The SMILES string of the molecule is CC(=O)O[C@H](CCc1cc(OC2CCCCC2)c(O)cc1-c1ccnc(N)c1)C[C@H](CC1CCCCC1)OC(C)=O. The van der Waals surface area contributed by atoms with Crippen molar-refractivity contribution in [2.45, 2.75) is 122 Å². The van der Waals surface area contributed by atoms with E-state index < -0.39 is 6.10 Å². The maximum Gasteiger partial charge on any atom is 0.302 e. The second kappa shape index (κ2) is 15.1. The molecule has 2 atom stereocenters. The van der Waals surface area contributed by atoms with Crippen molar-refractivity contribution in [1.82, 2.24) is 4.98 Å². The zero-order valence-corrected chi connectivity index (χ0v) is 24.6. The van der Waals surface area contributed by atoms with E-state index in [1.807, 2.05) is 12.1 Å². The average Bonchev–Trinajstić information content (AvgIpc) is 2.93. The van der Waals surface area contributed by atoms with Crippen LogP contribution in [0.3, 0.4) is 0 Å². The first-order chi connectivity index (χ1) is 19.8. The number of phenolic OH excluding ortho intramolecular Hbond substituents is 1. The van der Waals surface area contributed by atoms with E-state index >= 15 is 0 Å². The van der Waals surface area contributed by atoms with Gasteiger partial charge in [0, 0.05) is 26.5 Å². The Morgan fingerprint density at radius 2 is 1.61 bits per heavy atom. The van der Waals surface area contributed by atoms with Gasteiger partial charge in [-0.25, -0.2) is 4.98 Å². The Kier molecular flexibility index (Phi) is 11.3. The Balaban J connectivity index is 1.56. The quantitative estimate of drug-likeness (QED) is 0.266. The molecule has 8 heteroatoms. The molecule has 1 heterocycles. The molecule has 1 aromatic heterocycles. The fraction of sp³-hybridized carbons (Fsp3) is 0.606. The number of carbonyl (C=O) groups is 2. The number of aromatic nitrogens is 1. The predicted molar refractivity (Wildman–Crippen MR) is 158 cm³/mol. The van der Waals surface area contributed by atoms with Gasteiger partial charge in [-0.15, -0.1) is 0 Å². The first kappa shape index (κ1) is 30.7. The summed E-state index contributed by atoms with van der Waals surface area (Å²) in [5.74, 6) is 0.795. The highest BCUT2D eigenvalue weighted by Gasteiger charge is 2.26. The number of carbonyl (C=O) groups excluding carboxylic acids is 2. The van der Waals surface area contributed by atoms with Gasteiger partial charge in [-0.2, -0.15) is 0 Å². The van der Waals surface area contributed by atoms with Crippen LogP contribution in [0.2, 0.25) is 0 Å². The van der Waals surface area contributed by atoms with Gasteiger partial charge in [0.1, 0.15) is 18.0 Å². The molecule has 41 heavy (non-hydrogen) atoms. The molecule has 8 nitrogen and oxygen atoms in total. The number of anilines is 1. The van der Waals surface area contributed by atoms with Crippen LogP contribution < -0.4 is 10.5 Å². The number of esters is 2. The van der Waals surface area contributed by atoms with Gasteiger partial charge in [0.15, 0.2) is 11.5 Å². The smallest absolute Gasteiger partial charge is 0.302 e. The van der Waals surface area contributed by atoms with E-state index in [4.69, 9.17) is 19.9 Å². The lowest BCUT2D eigenvalue weighted by Gasteiger charge is -2.29. The summed E-state index contributed by atoms with van der Waals surface area (Å²) in [5, 5.41) is 10.9. The number of aromatic hydroxyl groups is 1. The number of hydrogen-bond donors (Lipinski definition) is 2. The third kappa shape index (κ3) is 9.65. The molecule has 224 valence electrons. The third-order valence-electron chi connectivity index (χ3n) is 8.37. The zero-order chi connectivity index (χ0) is 29.2. The molecule has 0 unspecified atom stereocenters. The summed E-state index contributed by atoms with van der Waals surface area (Å²) in [6, 6.07) is 7.28. The van der Waals surface area contributed by atoms with Crippen molar-refractivity contribution in [1.29, 1.82) is 0 Å². The Morgan fingerprint density at radius 3 is 2.27 bits per heavy atom. The number of nitrogen functional groups attached to an aromatic ring is 1. The van der Waals surface area contributed by atoms with Crippen molar-refractivity contribution in [3.63, 3.8) is 0 Å². The van der Waals surface area contributed by atoms with Gasteiger partial charge in [-0.1, -0.05) is 38.5 Å². The van der Waals surface area contributed by atoms with Crippen LogP contribution in [-0.2, 0) is 25.5 Å². The van der Waals surface area contributed by atoms with E-state index in [0.29, 0.717) is 36.7 Å². The number of hydrogen-bond acceptors (Lipinski definition) is 8. The largest absolute Gasteiger partial charge is 0.504 e. The Bertz CT molecular complexity index is 1160. The predicted octanol–water partition coefficient (Wildman–Crippen LogP) is 6.90. The number of rotatable bonds is 12. The van der Waals surface area contributed by atoms with Crippen LogP contribution in [0.25, 0.3) is 11.1 Å². The van der Waals surface area contributed by atoms with Gasteiger partial charge < -0.3 is 25.1 Å². The fourth-order valence-electron chi connectivity index (χ4n) is 6.45. The maximum atomic E-state index is 12.1. The molecule has 0 saturated heterocycles. The maximum absolute atomic E-state index is 12.1. The van der Waals surface area contributed by atoms with Crippen LogP contribution in [0.15, 0.2) is 30.5 Å². The third-order valence-corrected chi connectivity index (χ3v) is 8.37. The molecule has 1 aromatic carbocycles. The molecule has 0 radical (unpaired) electrons. The van der Waals surface area contributed by atoms with Gasteiger partial charge in [-0.05, 0) is 91.8 Å². The number of benzene rings is 1. The lowest BCUT2D eigenvalue weighted by molar-refractivity contribution is -0.153. The molecule has 0 bridgehead atoms. The van der Waals surface area contributed by atoms with Gasteiger partial charge >= 0.3 is 11.9 Å². The molecule has 2 saturated carbocycles.